The summed E-state index contributed by atoms with van der Waals surface area (Å²) in [5, 5.41) is 3.05. The zero-order valence-electron chi connectivity index (χ0n) is 18.7. The molecule has 1 atom stereocenters. The Balaban J connectivity index is 1.23. The Bertz CT molecular complexity index is 829. The van der Waals surface area contributed by atoms with Gasteiger partial charge in [-0.15, -0.1) is 0 Å². The summed E-state index contributed by atoms with van der Waals surface area (Å²) in [6, 6.07) is 16.6. The number of nitrogens with one attached hydrogen (secondary N) is 1. The summed E-state index contributed by atoms with van der Waals surface area (Å²) in [6.07, 6.45) is 2.63. The highest BCUT2D eigenvalue weighted by atomic mass is 16.5. The fraction of sp³-hybridized carbons (Fsp3) is 0.500. The van der Waals surface area contributed by atoms with Crippen LogP contribution in [0, 0.1) is 5.92 Å². The Kier molecular flexibility index (Phi) is 7.73. The number of carbonyl (C=O) groups excluding carboxylic acids is 1. The van der Waals surface area contributed by atoms with Crippen molar-refractivity contribution in [2.75, 3.05) is 39.4 Å². The van der Waals surface area contributed by atoms with E-state index in [-0.39, 0.29) is 5.91 Å². The summed E-state index contributed by atoms with van der Waals surface area (Å²) in [4.78, 5) is 17.5. The van der Waals surface area contributed by atoms with E-state index < -0.39 is 0 Å². The number of ether oxygens (including phenoxy) is 1. The van der Waals surface area contributed by atoms with Crippen LogP contribution in [0.4, 0.5) is 0 Å². The van der Waals surface area contributed by atoms with Gasteiger partial charge in [-0.2, -0.15) is 0 Å². The SMILES string of the molecule is C[C@H]1CCCN(Cc2ccc(C(=O)NCc3ccc(CN4CCOCC4)cc3)cc2)C1. The monoisotopic (exact) mass is 421 g/mol. The van der Waals surface area contributed by atoms with Gasteiger partial charge in [-0.25, -0.2) is 0 Å². The molecule has 1 N–H and O–H groups in total. The molecule has 31 heavy (non-hydrogen) atoms. The smallest absolute Gasteiger partial charge is 0.251 e. The first-order valence-electron chi connectivity index (χ1n) is 11.6. The molecular formula is C26H35N3O2. The zero-order chi connectivity index (χ0) is 21.5. The van der Waals surface area contributed by atoms with Gasteiger partial charge in [-0.3, -0.25) is 14.6 Å². The first-order chi connectivity index (χ1) is 15.2. The lowest BCUT2D eigenvalue weighted by Crippen LogP contribution is -2.35. The number of hydrogen-bond donors (Lipinski definition) is 1. The van der Waals surface area contributed by atoms with Gasteiger partial charge in [0.25, 0.3) is 5.91 Å². The van der Waals surface area contributed by atoms with Gasteiger partial charge in [-0.1, -0.05) is 43.3 Å². The maximum Gasteiger partial charge on any atom is 0.251 e. The van der Waals surface area contributed by atoms with Crippen molar-refractivity contribution >= 4 is 5.91 Å². The van der Waals surface area contributed by atoms with Crippen LogP contribution in [-0.2, 0) is 24.4 Å². The van der Waals surface area contributed by atoms with Gasteiger partial charge >= 0.3 is 0 Å². The van der Waals surface area contributed by atoms with Crippen molar-refractivity contribution in [1.29, 1.82) is 0 Å². The molecule has 2 saturated heterocycles. The van der Waals surface area contributed by atoms with Crippen molar-refractivity contribution in [3.8, 4) is 0 Å². The van der Waals surface area contributed by atoms with Crippen LogP contribution in [0.15, 0.2) is 48.5 Å². The van der Waals surface area contributed by atoms with Gasteiger partial charge in [-0.05, 0) is 54.1 Å². The predicted octanol–water partition coefficient (Wildman–Crippen LogP) is 3.68. The summed E-state index contributed by atoms with van der Waals surface area (Å²) in [7, 11) is 0. The van der Waals surface area contributed by atoms with E-state index in [2.05, 4.69) is 58.4 Å². The largest absolute Gasteiger partial charge is 0.379 e. The van der Waals surface area contributed by atoms with E-state index in [4.69, 9.17) is 4.74 Å². The van der Waals surface area contributed by atoms with Crippen LogP contribution in [0.5, 0.6) is 0 Å². The molecule has 0 unspecified atom stereocenters. The minimum atomic E-state index is -0.0180. The molecule has 0 saturated carbocycles. The van der Waals surface area contributed by atoms with E-state index in [1.165, 1.54) is 37.1 Å². The van der Waals surface area contributed by atoms with Gasteiger partial charge in [0.05, 0.1) is 13.2 Å². The van der Waals surface area contributed by atoms with E-state index in [9.17, 15) is 4.79 Å². The number of amides is 1. The van der Waals surface area contributed by atoms with Crippen molar-refractivity contribution in [2.45, 2.75) is 39.4 Å². The second-order valence-corrected chi connectivity index (χ2v) is 9.07. The summed E-state index contributed by atoms with van der Waals surface area (Å²) < 4.78 is 5.41. The molecular weight excluding hydrogens is 386 g/mol. The Morgan fingerprint density at radius 3 is 2.19 bits per heavy atom. The van der Waals surface area contributed by atoms with E-state index >= 15 is 0 Å². The molecule has 5 heteroatoms. The first kappa shape index (κ1) is 22.0. The van der Waals surface area contributed by atoms with E-state index in [1.54, 1.807) is 0 Å². The number of carbonyl (C=O) groups is 1. The van der Waals surface area contributed by atoms with Crippen LogP contribution in [0.25, 0.3) is 0 Å². The Labute approximate surface area is 186 Å². The standard InChI is InChI=1S/C26H35N3O2/c1-21-3-2-12-29(18-21)20-24-8-10-25(11-9-24)26(30)27-17-22-4-6-23(7-5-22)19-28-13-15-31-16-14-28/h4-11,21H,2-3,12-20H2,1H3,(H,27,30)/t21-/m0/s1. The second-order valence-electron chi connectivity index (χ2n) is 9.07. The number of piperidine rings is 1. The quantitative estimate of drug-likeness (QED) is 0.741. The van der Waals surface area contributed by atoms with Gasteiger partial charge in [0.2, 0.25) is 0 Å². The average Bonchev–Trinajstić information content (AvgIpc) is 2.80. The Hall–Kier alpha value is -2.21. The molecule has 2 aromatic carbocycles. The highest BCUT2D eigenvalue weighted by Crippen LogP contribution is 2.18. The number of hydrogen-bond acceptors (Lipinski definition) is 4. The number of rotatable bonds is 7. The molecule has 0 spiro atoms. The summed E-state index contributed by atoms with van der Waals surface area (Å²) in [5.74, 6) is 0.766. The molecule has 0 bridgehead atoms. The molecule has 2 heterocycles. The average molecular weight is 422 g/mol. The topological polar surface area (TPSA) is 44.8 Å². The molecule has 2 aromatic rings. The second kappa shape index (κ2) is 10.9. The van der Waals surface area contributed by atoms with Gasteiger partial charge in [0.15, 0.2) is 0 Å². The maximum absolute atomic E-state index is 12.6. The molecule has 2 aliphatic rings. The normalized spacial score (nSPS) is 20.5. The van der Waals surface area contributed by atoms with Crippen LogP contribution in [0.3, 0.4) is 0 Å². The molecule has 0 aromatic heterocycles. The van der Waals surface area contributed by atoms with Crippen molar-refractivity contribution < 1.29 is 9.53 Å². The summed E-state index contributed by atoms with van der Waals surface area (Å²) in [6.45, 7) is 10.8. The molecule has 0 aliphatic carbocycles. The van der Waals surface area contributed by atoms with Crippen molar-refractivity contribution in [3.05, 3.63) is 70.8 Å². The van der Waals surface area contributed by atoms with Crippen molar-refractivity contribution in [1.82, 2.24) is 15.1 Å². The zero-order valence-corrected chi connectivity index (χ0v) is 18.7. The van der Waals surface area contributed by atoms with Crippen molar-refractivity contribution in [3.63, 3.8) is 0 Å². The summed E-state index contributed by atoms with van der Waals surface area (Å²) >= 11 is 0. The fourth-order valence-corrected chi connectivity index (χ4v) is 4.51. The number of nitrogens with zero attached hydrogens (tertiary/aromatic N) is 2. The first-order valence-corrected chi connectivity index (χ1v) is 11.6. The maximum atomic E-state index is 12.6. The van der Waals surface area contributed by atoms with Crippen LogP contribution in [0.2, 0.25) is 0 Å². The number of likely N-dealkylation sites (tertiary alicyclic amines) is 1. The van der Waals surface area contributed by atoms with Gasteiger partial charge < -0.3 is 10.1 Å². The third kappa shape index (κ3) is 6.63. The molecule has 2 fully saturated rings. The minimum absolute atomic E-state index is 0.0180. The molecule has 0 radical (unpaired) electrons. The van der Waals surface area contributed by atoms with Crippen LogP contribution in [-0.4, -0.2) is 55.1 Å². The predicted molar refractivity (Wildman–Crippen MR) is 124 cm³/mol. The number of benzene rings is 2. The fourth-order valence-electron chi connectivity index (χ4n) is 4.51. The molecule has 1 amide bonds. The Morgan fingerprint density at radius 2 is 1.52 bits per heavy atom. The lowest BCUT2D eigenvalue weighted by atomic mass is 9.99. The summed E-state index contributed by atoms with van der Waals surface area (Å²) in [5.41, 5.74) is 4.42. The molecule has 5 nitrogen and oxygen atoms in total. The lowest BCUT2D eigenvalue weighted by Gasteiger charge is -2.30. The van der Waals surface area contributed by atoms with Crippen LogP contribution in [0.1, 0.15) is 46.8 Å². The van der Waals surface area contributed by atoms with E-state index in [1.807, 2.05) is 12.1 Å². The van der Waals surface area contributed by atoms with E-state index in [0.717, 1.165) is 56.4 Å². The van der Waals surface area contributed by atoms with Gasteiger partial charge in [0.1, 0.15) is 0 Å². The lowest BCUT2D eigenvalue weighted by molar-refractivity contribution is 0.0342. The molecule has 4 rings (SSSR count). The van der Waals surface area contributed by atoms with Crippen LogP contribution < -0.4 is 5.32 Å². The number of morpholine rings is 1. The Morgan fingerprint density at radius 1 is 0.903 bits per heavy atom. The molecule has 166 valence electrons. The van der Waals surface area contributed by atoms with Crippen LogP contribution >= 0.6 is 0 Å². The van der Waals surface area contributed by atoms with Crippen molar-refractivity contribution in [2.24, 2.45) is 5.92 Å². The molecule has 2 aliphatic heterocycles. The van der Waals surface area contributed by atoms with Gasteiger partial charge in [0, 0.05) is 44.8 Å². The highest BCUT2D eigenvalue weighted by Gasteiger charge is 2.16. The third-order valence-corrected chi connectivity index (χ3v) is 6.35. The minimum Gasteiger partial charge on any atom is -0.379 e. The highest BCUT2D eigenvalue weighted by molar-refractivity contribution is 5.94. The third-order valence-electron chi connectivity index (χ3n) is 6.35. The van der Waals surface area contributed by atoms with E-state index in [0.29, 0.717) is 6.54 Å².